The van der Waals surface area contributed by atoms with Gasteiger partial charge in [-0.05, 0) is 29.7 Å². The monoisotopic (exact) mass is 235 g/mol. The summed E-state index contributed by atoms with van der Waals surface area (Å²) in [6, 6.07) is 7.79. The van der Waals surface area contributed by atoms with Crippen LogP contribution in [0.25, 0.3) is 11.3 Å². The number of halogens is 1. The molecule has 0 unspecified atom stereocenters. The Morgan fingerprint density at radius 3 is 2.56 bits per heavy atom. The van der Waals surface area contributed by atoms with Gasteiger partial charge in [0.2, 0.25) is 0 Å². The van der Waals surface area contributed by atoms with Gasteiger partial charge in [0.05, 0.1) is 5.69 Å². The van der Waals surface area contributed by atoms with Gasteiger partial charge in [-0.25, -0.2) is 0 Å². The molecule has 0 spiro atoms. The van der Waals surface area contributed by atoms with Crippen LogP contribution in [0, 0.1) is 0 Å². The van der Waals surface area contributed by atoms with Crippen LogP contribution >= 0.6 is 11.6 Å². The largest absolute Gasteiger partial charge is 0.382 e. The van der Waals surface area contributed by atoms with Gasteiger partial charge in [-0.15, -0.1) is 0 Å². The molecule has 0 saturated heterocycles. The molecule has 0 aliphatic heterocycles. The summed E-state index contributed by atoms with van der Waals surface area (Å²) in [4.78, 5) is 0. The maximum Gasteiger partial charge on any atom is 0.145 e. The minimum absolute atomic E-state index is 0.442. The van der Waals surface area contributed by atoms with Gasteiger partial charge in [0.25, 0.3) is 0 Å². The molecule has 3 N–H and O–H groups in total. The van der Waals surface area contributed by atoms with Gasteiger partial charge in [-0.3, -0.25) is 5.10 Å². The first kappa shape index (κ1) is 11.0. The van der Waals surface area contributed by atoms with E-state index in [2.05, 4.69) is 30.1 Å². The van der Waals surface area contributed by atoms with Crippen LogP contribution in [0.2, 0.25) is 5.02 Å². The van der Waals surface area contributed by atoms with E-state index in [9.17, 15) is 0 Å². The predicted molar refractivity (Wildman–Crippen MR) is 67.5 cm³/mol. The van der Waals surface area contributed by atoms with Crippen molar-refractivity contribution in [3.63, 3.8) is 0 Å². The van der Waals surface area contributed by atoms with Crippen LogP contribution in [0.15, 0.2) is 24.3 Å². The summed E-state index contributed by atoms with van der Waals surface area (Å²) in [5.41, 5.74) is 8.69. The molecule has 1 aromatic heterocycles. The molecule has 0 radical (unpaired) electrons. The van der Waals surface area contributed by atoms with E-state index in [-0.39, 0.29) is 0 Å². The number of nitrogens with two attached hydrogens (primary N) is 1. The van der Waals surface area contributed by atoms with Crippen molar-refractivity contribution in [1.29, 1.82) is 0 Å². The lowest BCUT2D eigenvalue weighted by Gasteiger charge is -2.08. The van der Waals surface area contributed by atoms with Gasteiger partial charge in [-0.1, -0.05) is 25.4 Å². The molecule has 0 amide bonds. The highest BCUT2D eigenvalue weighted by molar-refractivity contribution is 6.31. The van der Waals surface area contributed by atoms with Crippen molar-refractivity contribution in [3.8, 4) is 11.3 Å². The molecule has 3 nitrogen and oxygen atoms in total. The quantitative estimate of drug-likeness (QED) is 0.838. The van der Waals surface area contributed by atoms with Crippen LogP contribution in [-0.4, -0.2) is 10.2 Å². The lowest BCUT2D eigenvalue weighted by molar-refractivity contribution is 0.867. The van der Waals surface area contributed by atoms with Crippen LogP contribution < -0.4 is 5.73 Å². The lowest BCUT2D eigenvalue weighted by atomic mass is 10.00. The summed E-state index contributed by atoms with van der Waals surface area (Å²) in [5, 5.41) is 7.52. The van der Waals surface area contributed by atoms with E-state index in [4.69, 9.17) is 17.3 Å². The van der Waals surface area contributed by atoms with E-state index in [1.165, 1.54) is 5.56 Å². The molecule has 0 fully saturated rings. The summed E-state index contributed by atoms with van der Waals surface area (Å²) in [5.74, 6) is 0.929. The molecule has 84 valence electrons. The van der Waals surface area contributed by atoms with Crippen molar-refractivity contribution in [2.75, 3.05) is 5.73 Å². The summed E-state index contributed by atoms with van der Waals surface area (Å²) >= 11 is 6.09. The third kappa shape index (κ3) is 2.19. The van der Waals surface area contributed by atoms with Crippen LogP contribution in [0.4, 0.5) is 5.82 Å². The van der Waals surface area contributed by atoms with Crippen molar-refractivity contribution in [3.05, 3.63) is 34.9 Å². The number of hydrogen-bond donors (Lipinski definition) is 2. The Hall–Kier alpha value is -1.48. The highest BCUT2D eigenvalue weighted by Gasteiger charge is 2.07. The highest BCUT2D eigenvalue weighted by atomic mass is 35.5. The minimum Gasteiger partial charge on any atom is -0.382 e. The smallest absolute Gasteiger partial charge is 0.145 e. The van der Waals surface area contributed by atoms with Crippen molar-refractivity contribution < 1.29 is 0 Å². The average molecular weight is 236 g/mol. The van der Waals surface area contributed by atoms with E-state index >= 15 is 0 Å². The van der Waals surface area contributed by atoms with Gasteiger partial charge in [0.15, 0.2) is 0 Å². The Labute approximate surface area is 99.6 Å². The molecular weight excluding hydrogens is 222 g/mol. The number of aromatic amines is 1. The van der Waals surface area contributed by atoms with Crippen LogP contribution in [-0.2, 0) is 0 Å². The first-order chi connectivity index (χ1) is 7.56. The zero-order valence-electron chi connectivity index (χ0n) is 9.29. The van der Waals surface area contributed by atoms with E-state index in [1.807, 2.05) is 12.1 Å². The first-order valence-electron chi connectivity index (χ1n) is 5.18. The van der Waals surface area contributed by atoms with Crippen molar-refractivity contribution in [2.45, 2.75) is 19.8 Å². The number of nitrogens with one attached hydrogen (secondary N) is 1. The third-order valence-electron chi connectivity index (χ3n) is 2.50. The Morgan fingerprint density at radius 2 is 2.00 bits per heavy atom. The molecule has 4 heteroatoms. The van der Waals surface area contributed by atoms with Crippen LogP contribution in [0.1, 0.15) is 25.3 Å². The maximum absolute atomic E-state index is 6.09. The molecule has 0 bridgehead atoms. The maximum atomic E-state index is 6.09. The number of H-pyrrole nitrogens is 1. The van der Waals surface area contributed by atoms with Crippen molar-refractivity contribution in [1.82, 2.24) is 10.2 Å². The Bertz CT molecular complexity index is 503. The minimum atomic E-state index is 0.442. The number of anilines is 1. The first-order valence-corrected chi connectivity index (χ1v) is 5.56. The van der Waals surface area contributed by atoms with E-state index in [0.717, 1.165) is 16.3 Å². The molecular formula is C12H14ClN3. The topological polar surface area (TPSA) is 54.7 Å². The lowest BCUT2D eigenvalue weighted by Crippen LogP contribution is -1.89. The zero-order chi connectivity index (χ0) is 11.7. The molecule has 2 aromatic rings. The summed E-state index contributed by atoms with van der Waals surface area (Å²) in [7, 11) is 0. The number of nitrogen functional groups attached to an aromatic ring is 1. The van der Waals surface area contributed by atoms with Gasteiger partial charge < -0.3 is 5.73 Å². The van der Waals surface area contributed by atoms with Gasteiger partial charge >= 0.3 is 0 Å². The standard InChI is InChI=1S/C12H14ClN3/c1-7(2)8-3-9(5-10(13)4-8)11-6-12(14)16-15-11/h3-7H,1-2H3,(H3,14,15,16). The molecule has 1 aromatic carbocycles. The van der Waals surface area contributed by atoms with Crippen LogP contribution in [0.5, 0.6) is 0 Å². The summed E-state index contributed by atoms with van der Waals surface area (Å²) < 4.78 is 0. The molecule has 1 heterocycles. The van der Waals surface area contributed by atoms with E-state index in [0.29, 0.717) is 11.7 Å². The van der Waals surface area contributed by atoms with Gasteiger partial charge in [0.1, 0.15) is 5.82 Å². The molecule has 2 rings (SSSR count). The third-order valence-corrected chi connectivity index (χ3v) is 2.71. The second kappa shape index (κ2) is 4.18. The second-order valence-corrected chi connectivity index (χ2v) is 4.57. The molecule has 0 aliphatic carbocycles. The van der Waals surface area contributed by atoms with E-state index in [1.54, 1.807) is 6.07 Å². The molecule has 0 atom stereocenters. The van der Waals surface area contributed by atoms with Gasteiger partial charge in [-0.2, -0.15) is 5.10 Å². The number of hydrogen-bond acceptors (Lipinski definition) is 2. The van der Waals surface area contributed by atoms with Crippen LogP contribution in [0.3, 0.4) is 0 Å². The van der Waals surface area contributed by atoms with Crippen molar-refractivity contribution >= 4 is 17.4 Å². The summed E-state index contributed by atoms with van der Waals surface area (Å²) in [6.45, 7) is 4.27. The Morgan fingerprint density at radius 1 is 1.25 bits per heavy atom. The molecule has 0 aliphatic rings. The second-order valence-electron chi connectivity index (χ2n) is 4.13. The predicted octanol–water partition coefficient (Wildman–Crippen LogP) is 3.44. The van der Waals surface area contributed by atoms with Gasteiger partial charge in [0, 0.05) is 16.7 Å². The van der Waals surface area contributed by atoms with E-state index < -0.39 is 0 Å². The average Bonchev–Trinajstić information content (AvgIpc) is 2.64. The Balaban J connectivity index is 2.49. The Kier molecular flexibility index (Phi) is 2.88. The number of rotatable bonds is 2. The fraction of sp³-hybridized carbons (Fsp3) is 0.250. The fourth-order valence-electron chi connectivity index (χ4n) is 1.59. The number of nitrogens with zero attached hydrogens (tertiary/aromatic N) is 1. The van der Waals surface area contributed by atoms with Crippen molar-refractivity contribution in [2.24, 2.45) is 0 Å². The normalized spacial score (nSPS) is 11.0. The SMILES string of the molecule is CC(C)c1cc(Cl)cc(-c2cc(N)n[nH]2)c1. The summed E-state index contributed by atoms with van der Waals surface area (Å²) in [6.07, 6.45) is 0. The number of aromatic nitrogens is 2. The molecule has 16 heavy (non-hydrogen) atoms. The molecule has 0 saturated carbocycles. The highest BCUT2D eigenvalue weighted by Crippen LogP contribution is 2.27. The number of benzene rings is 1. The fourth-order valence-corrected chi connectivity index (χ4v) is 1.83. The zero-order valence-corrected chi connectivity index (χ0v) is 10.0.